The van der Waals surface area contributed by atoms with Gasteiger partial charge < -0.3 is 20.0 Å². The number of hydrogen-bond acceptors (Lipinski definition) is 5. The molecule has 3 N–H and O–H groups in total. The number of carbonyl (C=O) groups excluding carboxylic acids is 1. The number of piperazine rings is 1. The van der Waals surface area contributed by atoms with E-state index in [1.165, 1.54) is 0 Å². The highest BCUT2D eigenvalue weighted by Crippen LogP contribution is 2.39. The summed E-state index contributed by atoms with van der Waals surface area (Å²) in [7, 11) is 0. The molecule has 0 spiro atoms. The Morgan fingerprint density at radius 2 is 1.96 bits per heavy atom. The van der Waals surface area contributed by atoms with E-state index in [9.17, 15) is 4.79 Å². The summed E-state index contributed by atoms with van der Waals surface area (Å²) in [5, 5.41) is 4.52. The lowest BCUT2D eigenvalue weighted by Crippen LogP contribution is -2.48. The molecule has 0 aromatic carbocycles. The minimum absolute atomic E-state index is 0.0128. The summed E-state index contributed by atoms with van der Waals surface area (Å²) in [5.41, 5.74) is 10.8. The van der Waals surface area contributed by atoms with Gasteiger partial charge in [0.25, 0.3) is 5.91 Å². The van der Waals surface area contributed by atoms with Crippen LogP contribution in [0.25, 0.3) is 0 Å². The molecule has 1 amide bonds. The molecule has 3 rings (SSSR count). The van der Waals surface area contributed by atoms with Crippen molar-refractivity contribution >= 4 is 28.9 Å². The van der Waals surface area contributed by atoms with Gasteiger partial charge in [-0.2, -0.15) is 5.10 Å². The molecular formula is C19H29N5O2S. The fraction of sp³-hybridized carbons (Fsp3) is 0.632. The van der Waals surface area contributed by atoms with Crippen molar-refractivity contribution in [1.29, 1.82) is 0 Å². The second-order valence-corrected chi connectivity index (χ2v) is 8.57. The number of rotatable bonds is 3. The molecule has 0 unspecified atom stereocenters. The summed E-state index contributed by atoms with van der Waals surface area (Å²) in [4.78, 5) is 17.3. The van der Waals surface area contributed by atoms with Crippen molar-refractivity contribution in [1.82, 2.24) is 15.2 Å². The number of furan rings is 1. The SMILES string of the molecule is CCN1CCN(C(=O)c2oc3c(c2C)/C(=N\NC(N)=S)CC(C)(C)C3)CC1. The van der Waals surface area contributed by atoms with Gasteiger partial charge in [-0.25, -0.2) is 0 Å². The van der Waals surface area contributed by atoms with Crippen molar-refractivity contribution < 1.29 is 9.21 Å². The molecule has 1 aromatic heterocycles. The second kappa shape index (κ2) is 7.59. The van der Waals surface area contributed by atoms with Crippen LogP contribution in [0.5, 0.6) is 0 Å². The van der Waals surface area contributed by atoms with Gasteiger partial charge in [-0.05, 0) is 37.5 Å². The molecule has 1 aliphatic heterocycles. The van der Waals surface area contributed by atoms with Crippen LogP contribution in [0.4, 0.5) is 0 Å². The summed E-state index contributed by atoms with van der Waals surface area (Å²) < 4.78 is 6.10. The number of carbonyl (C=O) groups is 1. The largest absolute Gasteiger partial charge is 0.455 e. The number of fused-ring (bicyclic) bond motifs is 1. The maximum absolute atomic E-state index is 13.1. The van der Waals surface area contributed by atoms with E-state index in [1.54, 1.807) is 0 Å². The average Bonchev–Trinajstić information content (AvgIpc) is 2.94. The van der Waals surface area contributed by atoms with E-state index in [0.29, 0.717) is 5.76 Å². The Morgan fingerprint density at radius 1 is 1.30 bits per heavy atom. The Morgan fingerprint density at radius 3 is 2.56 bits per heavy atom. The number of nitrogens with zero attached hydrogens (tertiary/aromatic N) is 3. The predicted molar refractivity (Wildman–Crippen MR) is 110 cm³/mol. The Hall–Kier alpha value is -1.93. The normalized spacial score (nSPS) is 21.2. The van der Waals surface area contributed by atoms with Gasteiger partial charge in [0.1, 0.15) is 5.76 Å². The number of likely N-dealkylation sites (N-methyl/N-ethyl adjacent to an activating group) is 1. The lowest BCUT2D eigenvalue weighted by molar-refractivity contribution is 0.0608. The molecule has 1 aliphatic carbocycles. The van der Waals surface area contributed by atoms with Crippen molar-refractivity contribution in [2.45, 2.75) is 40.5 Å². The molecule has 0 radical (unpaired) electrons. The maximum atomic E-state index is 13.1. The van der Waals surface area contributed by atoms with Crippen LogP contribution in [-0.4, -0.2) is 59.3 Å². The molecule has 0 bridgehead atoms. The lowest BCUT2D eigenvalue weighted by atomic mass is 9.75. The van der Waals surface area contributed by atoms with Crippen molar-refractivity contribution in [3.05, 3.63) is 22.6 Å². The lowest BCUT2D eigenvalue weighted by Gasteiger charge is -2.33. The summed E-state index contributed by atoms with van der Waals surface area (Å²) in [6, 6.07) is 0. The third-order valence-corrected chi connectivity index (χ3v) is 5.49. The summed E-state index contributed by atoms with van der Waals surface area (Å²) in [5.74, 6) is 1.23. The van der Waals surface area contributed by atoms with Crippen molar-refractivity contribution in [2.75, 3.05) is 32.7 Å². The van der Waals surface area contributed by atoms with Crippen LogP contribution >= 0.6 is 12.2 Å². The highest BCUT2D eigenvalue weighted by molar-refractivity contribution is 7.80. The number of amides is 1. The monoisotopic (exact) mass is 391 g/mol. The zero-order valence-corrected chi connectivity index (χ0v) is 17.4. The number of nitrogens with one attached hydrogen (secondary N) is 1. The highest BCUT2D eigenvalue weighted by atomic mass is 32.1. The average molecular weight is 392 g/mol. The maximum Gasteiger partial charge on any atom is 0.289 e. The molecule has 27 heavy (non-hydrogen) atoms. The summed E-state index contributed by atoms with van der Waals surface area (Å²) in [6.45, 7) is 12.7. The molecule has 1 fully saturated rings. The van der Waals surface area contributed by atoms with Crippen LogP contribution in [0.3, 0.4) is 0 Å². The topological polar surface area (TPSA) is 87.1 Å². The quantitative estimate of drug-likeness (QED) is 0.604. The molecule has 2 aliphatic rings. The Bertz CT molecular complexity index is 775. The van der Waals surface area contributed by atoms with Gasteiger partial charge in [-0.15, -0.1) is 0 Å². The van der Waals surface area contributed by atoms with Gasteiger partial charge in [0.2, 0.25) is 0 Å². The standard InChI is InChI=1S/C19H29N5O2S/c1-5-23-6-8-24(9-7-23)17(25)16-12(2)15-13(21-22-18(20)27)10-19(3,4)11-14(15)26-16/h5-11H2,1-4H3,(H3,20,22,27)/b21-13-. The molecule has 2 heterocycles. The van der Waals surface area contributed by atoms with Crippen molar-refractivity contribution in [3.63, 3.8) is 0 Å². The highest BCUT2D eigenvalue weighted by Gasteiger charge is 2.37. The summed E-state index contributed by atoms with van der Waals surface area (Å²) in [6.07, 6.45) is 1.53. The minimum Gasteiger partial charge on any atom is -0.455 e. The third-order valence-electron chi connectivity index (χ3n) is 5.40. The predicted octanol–water partition coefficient (Wildman–Crippen LogP) is 1.88. The fourth-order valence-corrected chi connectivity index (χ4v) is 3.99. The van der Waals surface area contributed by atoms with Gasteiger partial charge in [0.15, 0.2) is 10.9 Å². The summed E-state index contributed by atoms with van der Waals surface area (Å²) >= 11 is 4.88. The first-order valence-electron chi connectivity index (χ1n) is 9.48. The van der Waals surface area contributed by atoms with Crippen molar-refractivity contribution in [3.8, 4) is 0 Å². The van der Waals surface area contributed by atoms with Crippen LogP contribution < -0.4 is 11.2 Å². The van der Waals surface area contributed by atoms with E-state index in [1.807, 2.05) is 11.8 Å². The number of hydrogen-bond donors (Lipinski definition) is 2. The van der Waals surface area contributed by atoms with Crippen LogP contribution in [-0.2, 0) is 6.42 Å². The minimum atomic E-state index is -0.0304. The fourth-order valence-electron chi connectivity index (χ4n) is 3.95. The second-order valence-electron chi connectivity index (χ2n) is 8.13. The van der Waals surface area contributed by atoms with E-state index < -0.39 is 0 Å². The Kier molecular flexibility index (Phi) is 5.58. The number of nitrogens with two attached hydrogens (primary N) is 1. The molecule has 1 saturated heterocycles. The van der Waals surface area contributed by atoms with E-state index in [2.05, 4.69) is 36.2 Å². The number of thiocarbonyl (C=S) groups is 1. The van der Waals surface area contributed by atoms with E-state index in [0.717, 1.165) is 68.2 Å². The van der Waals surface area contributed by atoms with Gasteiger partial charge in [-0.1, -0.05) is 20.8 Å². The number of hydrazone groups is 1. The van der Waals surface area contributed by atoms with Crippen LogP contribution in [0, 0.1) is 12.3 Å². The third kappa shape index (κ3) is 4.16. The van der Waals surface area contributed by atoms with E-state index >= 15 is 0 Å². The van der Waals surface area contributed by atoms with Crippen LogP contribution in [0.15, 0.2) is 9.52 Å². The molecule has 0 saturated carbocycles. The van der Waals surface area contributed by atoms with Gasteiger partial charge >= 0.3 is 0 Å². The van der Waals surface area contributed by atoms with Crippen LogP contribution in [0.2, 0.25) is 0 Å². The van der Waals surface area contributed by atoms with E-state index in [-0.39, 0.29) is 16.4 Å². The molecule has 0 atom stereocenters. The zero-order chi connectivity index (χ0) is 19.8. The van der Waals surface area contributed by atoms with E-state index in [4.69, 9.17) is 22.4 Å². The molecule has 7 nitrogen and oxygen atoms in total. The smallest absolute Gasteiger partial charge is 0.289 e. The zero-order valence-electron chi connectivity index (χ0n) is 16.6. The molecule has 1 aromatic rings. The molecule has 148 valence electrons. The Balaban J connectivity index is 1.91. The molecule has 8 heteroatoms. The first-order valence-corrected chi connectivity index (χ1v) is 9.89. The van der Waals surface area contributed by atoms with Crippen LogP contribution in [0.1, 0.15) is 54.6 Å². The first-order chi connectivity index (χ1) is 12.7. The van der Waals surface area contributed by atoms with Gasteiger partial charge in [0.05, 0.1) is 5.71 Å². The van der Waals surface area contributed by atoms with Gasteiger partial charge in [-0.3, -0.25) is 10.2 Å². The first kappa shape index (κ1) is 19.8. The van der Waals surface area contributed by atoms with Crippen molar-refractivity contribution in [2.24, 2.45) is 16.3 Å². The van der Waals surface area contributed by atoms with Gasteiger partial charge in [0, 0.05) is 43.7 Å². The molecular weight excluding hydrogens is 362 g/mol. The Labute approximate surface area is 165 Å².